The largest absolute Gasteiger partial charge is 0.497 e. The lowest BCUT2D eigenvalue weighted by Crippen LogP contribution is -2.17. The molecule has 2 aromatic carbocycles. The lowest BCUT2D eigenvalue weighted by atomic mass is 10.3. The molecule has 0 aliphatic heterocycles. The molecule has 0 saturated heterocycles. The van der Waals surface area contributed by atoms with Crippen molar-refractivity contribution < 1.29 is 17.9 Å². The molecule has 1 amide bonds. The van der Waals surface area contributed by atoms with Crippen LogP contribution in [0.3, 0.4) is 0 Å². The van der Waals surface area contributed by atoms with Crippen molar-refractivity contribution in [3.8, 4) is 5.75 Å². The maximum absolute atomic E-state index is 12.3. The van der Waals surface area contributed by atoms with E-state index in [1.165, 1.54) is 19.2 Å². The summed E-state index contributed by atoms with van der Waals surface area (Å²) in [4.78, 5) is 13.2. The smallest absolute Gasteiger partial charge is 0.225 e. The van der Waals surface area contributed by atoms with Crippen LogP contribution in [0.2, 0.25) is 0 Å². The minimum absolute atomic E-state index is 0.0993. The van der Waals surface area contributed by atoms with E-state index in [2.05, 4.69) is 5.32 Å². The summed E-state index contributed by atoms with van der Waals surface area (Å²) in [5.74, 6) is 0.0126. The first-order valence-electron chi connectivity index (χ1n) is 7.25. The number of ether oxygens (including phenoxy) is 1. The molecular weight excluding hydrogens is 346 g/mol. The standard InChI is InChI=1S/C17H19NO4S2/c1-22-14-6-8-16(9-7-14)24(20,21)11-10-17(19)18-13-4-3-5-15(12-13)23-2/h3-9,12H,10-11H2,1-2H3,(H,18,19). The monoisotopic (exact) mass is 365 g/mol. The topological polar surface area (TPSA) is 72.5 Å². The number of hydrogen-bond acceptors (Lipinski definition) is 5. The summed E-state index contributed by atoms with van der Waals surface area (Å²) in [7, 11) is -1.99. The first kappa shape index (κ1) is 18.4. The molecular formula is C17H19NO4S2. The number of amides is 1. The molecule has 2 aromatic rings. The highest BCUT2D eigenvalue weighted by molar-refractivity contribution is 7.98. The van der Waals surface area contributed by atoms with E-state index in [-0.39, 0.29) is 23.0 Å². The van der Waals surface area contributed by atoms with E-state index in [1.807, 2.05) is 24.5 Å². The zero-order valence-electron chi connectivity index (χ0n) is 13.5. The van der Waals surface area contributed by atoms with Gasteiger partial charge in [0.25, 0.3) is 0 Å². The van der Waals surface area contributed by atoms with Crippen LogP contribution in [-0.2, 0) is 14.6 Å². The first-order valence-corrected chi connectivity index (χ1v) is 10.1. The Kier molecular flexibility index (Phi) is 6.28. The number of benzene rings is 2. The second kappa shape index (κ2) is 8.21. The van der Waals surface area contributed by atoms with Gasteiger partial charge in [-0.15, -0.1) is 11.8 Å². The van der Waals surface area contributed by atoms with E-state index in [1.54, 1.807) is 30.0 Å². The number of thioether (sulfide) groups is 1. The number of nitrogens with one attached hydrogen (secondary N) is 1. The lowest BCUT2D eigenvalue weighted by Gasteiger charge is -2.08. The highest BCUT2D eigenvalue weighted by Gasteiger charge is 2.16. The molecule has 0 bridgehead atoms. The predicted octanol–water partition coefficient (Wildman–Crippen LogP) is 3.22. The fourth-order valence-corrected chi connectivity index (χ4v) is 3.75. The fourth-order valence-electron chi connectivity index (χ4n) is 2.05. The van der Waals surface area contributed by atoms with Gasteiger partial charge in [-0.2, -0.15) is 0 Å². The van der Waals surface area contributed by atoms with Crippen LogP contribution in [0.1, 0.15) is 6.42 Å². The number of methoxy groups -OCH3 is 1. The summed E-state index contributed by atoms with van der Waals surface area (Å²) in [5, 5.41) is 2.72. The second-order valence-electron chi connectivity index (χ2n) is 5.02. The van der Waals surface area contributed by atoms with Crippen LogP contribution in [0.5, 0.6) is 5.75 Å². The van der Waals surface area contributed by atoms with Gasteiger partial charge in [-0.05, 0) is 48.7 Å². The van der Waals surface area contributed by atoms with Crippen molar-refractivity contribution in [3.63, 3.8) is 0 Å². The number of rotatable bonds is 7. The number of carbonyl (C=O) groups is 1. The molecule has 0 radical (unpaired) electrons. The van der Waals surface area contributed by atoms with Crippen molar-refractivity contribution in [1.82, 2.24) is 0 Å². The number of anilines is 1. The molecule has 7 heteroatoms. The Hall–Kier alpha value is -1.99. The van der Waals surface area contributed by atoms with Crippen molar-refractivity contribution in [1.29, 1.82) is 0 Å². The van der Waals surface area contributed by atoms with Crippen LogP contribution >= 0.6 is 11.8 Å². The Morgan fingerprint density at radius 3 is 2.50 bits per heavy atom. The van der Waals surface area contributed by atoms with Crippen LogP contribution in [0, 0.1) is 0 Å². The molecule has 0 heterocycles. The summed E-state index contributed by atoms with van der Waals surface area (Å²) in [5.41, 5.74) is 0.661. The molecule has 0 aliphatic carbocycles. The zero-order chi connectivity index (χ0) is 17.6. The van der Waals surface area contributed by atoms with E-state index in [9.17, 15) is 13.2 Å². The summed E-state index contributed by atoms with van der Waals surface area (Å²) >= 11 is 1.57. The normalized spacial score (nSPS) is 11.1. The molecule has 0 unspecified atom stereocenters. The molecule has 0 aromatic heterocycles. The molecule has 1 N–H and O–H groups in total. The average molecular weight is 365 g/mol. The number of hydrogen-bond donors (Lipinski definition) is 1. The quantitative estimate of drug-likeness (QED) is 0.763. The molecule has 0 atom stereocenters. The van der Waals surface area contributed by atoms with Crippen molar-refractivity contribution in [2.24, 2.45) is 0 Å². The van der Waals surface area contributed by atoms with Crippen molar-refractivity contribution in [3.05, 3.63) is 48.5 Å². The molecule has 0 aliphatic rings. The van der Waals surface area contributed by atoms with E-state index in [4.69, 9.17) is 4.74 Å². The molecule has 5 nitrogen and oxygen atoms in total. The Balaban J connectivity index is 1.96. The summed E-state index contributed by atoms with van der Waals surface area (Å²) in [6, 6.07) is 13.5. The summed E-state index contributed by atoms with van der Waals surface area (Å²) in [6.07, 6.45) is 1.85. The van der Waals surface area contributed by atoms with Crippen LogP contribution in [0.25, 0.3) is 0 Å². The summed E-state index contributed by atoms with van der Waals surface area (Å²) < 4.78 is 29.5. The highest BCUT2D eigenvalue weighted by atomic mass is 32.2. The average Bonchev–Trinajstić information content (AvgIpc) is 2.60. The third-order valence-corrected chi connectivity index (χ3v) is 5.83. The third-order valence-electron chi connectivity index (χ3n) is 3.37. The van der Waals surface area contributed by atoms with Gasteiger partial charge >= 0.3 is 0 Å². The van der Waals surface area contributed by atoms with Crippen LogP contribution in [0.4, 0.5) is 5.69 Å². The minimum Gasteiger partial charge on any atom is -0.497 e. The molecule has 0 fully saturated rings. The third kappa shape index (κ3) is 5.01. The van der Waals surface area contributed by atoms with E-state index in [0.29, 0.717) is 11.4 Å². The van der Waals surface area contributed by atoms with E-state index >= 15 is 0 Å². The molecule has 24 heavy (non-hydrogen) atoms. The van der Waals surface area contributed by atoms with Gasteiger partial charge in [-0.3, -0.25) is 4.79 Å². The molecule has 0 saturated carbocycles. The molecule has 2 rings (SSSR count). The van der Waals surface area contributed by atoms with E-state index in [0.717, 1.165) is 4.90 Å². The zero-order valence-corrected chi connectivity index (χ0v) is 15.1. The Morgan fingerprint density at radius 1 is 1.17 bits per heavy atom. The van der Waals surface area contributed by atoms with Crippen molar-refractivity contribution >= 4 is 33.2 Å². The highest BCUT2D eigenvalue weighted by Crippen LogP contribution is 2.20. The maximum atomic E-state index is 12.3. The SMILES string of the molecule is COc1ccc(S(=O)(=O)CCC(=O)Nc2cccc(SC)c2)cc1. The van der Waals surface area contributed by atoms with Gasteiger partial charge in [0, 0.05) is 17.0 Å². The number of carbonyl (C=O) groups excluding carboxylic acids is 1. The van der Waals surface area contributed by atoms with E-state index < -0.39 is 9.84 Å². The fraction of sp³-hybridized carbons (Fsp3) is 0.235. The second-order valence-corrected chi connectivity index (χ2v) is 8.01. The number of sulfone groups is 1. The van der Waals surface area contributed by atoms with Crippen molar-refractivity contribution in [2.75, 3.05) is 24.4 Å². The minimum atomic E-state index is -3.51. The Morgan fingerprint density at radius 2 is 1.88 bits per heavy atom. The van der Waals surface area contributed by atoms with Gasteiger partial charge in [0.05, 0.1) is 17.8 Å². The lowest BCUT2D eigenvalue weighted by molar-refractivity contribution is -0.115. The van der Waals surface area contributed by atoms with Gasteiger partial charge in [-0.1, -0.05) is 6.07 Å². The first-order chi connectivity index (χ1) is 11.4. The van der Waals surface area contributed by atoms with Gasteiger partial charge in [-0.25, -0.2) is 8.42 Å². The van der Waals surface area contributed by atoms with Crippen LogP contribution < -0.4 is 10.1 Å². The maximum Gasteiger partial charge on any atom is 0.225 e. The van der Waals surface area contributed by atoms with Crippen LogP contribution in [0.15, 0.2) is 58.3 Å². The molecule has 128 valence electrons. The van der Waals surface area contributed by atoms with Gasteiger partial charge in [0.1, 0.15) is 5.75 Å². The van der Waals surface area contributed by atoms with Gasteiger partial charge in [0.2, 0.25) is 5.91 Å². The molecule has 0 spiro atoms. The predicted molar refractivity (Wildman–Crippen MR) is 96.5 cm³/mol. The van der Waals surface area contributed by atoms with Gasteiger partial charge < -0.3 is 10.1 Å². The Bertz CT molecular complexity index is 802. The Labute approximate surface area is 146 Å². The summed E-state index contributed by atoms with van der Waals surface area (Å²) in [6.45, 7) is 0. The van der Waals surface area contributed by atoms with Crippen molar-refractivity contribution in [2.45, 2.75) is 16.2 Å². The van der Waals surface area contributed by atoms with Crippen LogP contribution in [-0.4, -0.2) is 33.4 Å². The van der Waals surface area contributed by atoms with Gasteiger partial charge in [0.15, 0.2) is 9.84 Å².